The van der Waals surface area contributed by atoms with Gasteiger partial charge < -0.3 is 5.43 Å². The lowest BCUT2D eigenvalue weighted by molar-refractivity contribution is 0.600. The summed E-state index contributed by atoms with van der Waals surface area (Å²) in [5.74, 6) is 5.33. The van der Waals surface area contributed by atoms with Crippen LogP contribution in [0.1, 0.15) is 11.4 Å². The van der Waals surface area contributed by atoms with E-state index in [9.17, 15) is 8.42 Å². The van der Waals surface area contributed by atoms with Gasteiger partial charge in [0.1, 0.15) is 5.82 Å². The average molecular weight is 295 g/mol. The maximum absolute atomic E-state index is 12.2. The Hall–Kier alpha value is -2.33. The number of anilines is 2. The highest BCUT2D eigenvalue weighted by Crippen LogP contribution is 2.15. The van der Waals surface area contributed by atoms with Gasteiger partial charge in [-0.1, -0.05) is 0 Å². The molecule has 10 heteroatoms. The van der Waals surface area contributed by atoms with Crippen LogP contribution >= 0.6 is 0 Å². The van der Waals surface area contributed by atoms with E-state index in [4.69, 9.17) is 5.84 Å². The van der Waals surface area contributed by atoms with Gasteiger partial charge in [-0.3, -0.25) is 0 Å². The molecule has 106 valence electrons. The fourth-order valence-corrected chi connectivity index (χ4v) is 2.29. The van der Waals surface area contributed by atoms with E-state index in [2.05, 4.69) is 30.3 Å². The fourth-order valence-electron chi connectivity index (χ4n) is 1.34. The Bertz CT molecular complexity index is 732. The van der Waals surface area contributed by atoms with Gasteiger partial charge in [-0.15, -0.1) is 5.10 Å². The zero-order valence-corrected chi connectivity index (χ0v) is 11.6. The molecule has 0 aliphatic heterocycles. The van der Waals surface area contributed by atoms with Crippen molar-refractivity contribution in [3.63, 3.8) is 0 Å². The molecule has 0 spiro atoms. The lowest BCUT2D eigenvalue weighted by Gasteiger charge is -2.08. The van der Waals surface area contributed by atoms with Crippen LogP contribution < -0.4 is 16.0 Å². The summed E-state index contributed by atoms with van der Waals surface area (Å²) in [5.41, 5.74) is 3.50. The number of hydrogen-bond acceptors (Lipinski definition) is 8. The Morgan fingerprint density at radius 3 is 2.60 bits per heavy atom. The topological polar surface area (TPSA) is 136 Å². The van der Waals surface area contributed by atoms with Crippen LogP contribution in [0.2, 0.25) is 0 Å². The number of aromatic nitrogens is 4. The molecule has 0 aliphatic rings. The van der Waals surface area contributed by atoms with Crippen LogP contribution in [0.15, 0.2) is 23.2 Å². The normalized spacial score (nSPS) is 11.2. The summed E-state index contributed by atoms with van der Waals surface area (Å²) in [5, 5.41) is 7.49. The van der Waals surface area contributed by atoms with Crippen LogP contribution in [0.3, 0.4) is 0 Å². The van der Waals surface area contributed by atoms with E-state index < -0.39 is 10.0 Å². The molecule has 0 amide bonds. The molecule has 2 heterocycles. The van der Waals surface area contributed by atoms with E-state index >= 15 is 0 Å². The summed E-state index contributed by atoms with van der Waals surface area (Å²) < 4.78 is 26.5. The van der Waals surface area contributed by atoms with Gasteiger partial charge in [0.2, 0.25) is 0 Å². The molecule has 0 aromatic carbocycles. The minimum atomic E-state index is -3.83. The predicted molar refractivity (Wildman–Crippen MR) is 72.2 cm³/mol. The minimum absolute atomic E-state index is 0.0118. The van der Waals surface area contributed by atoms with Gasteiger partial charge in [-0.05, 0) is 19.9 Å². The highest BCUT2D eigenvalue weighted by Gasteiger charge is 2.17. The second-order valence-corrected chi connectivity index (χ2v) is 5.62. The zero-order valence-electron chi connectivity index (χ0n) is 10.8. The fraction of sp³-hybridized carbons (Fsp3) is 0.200. The molecule has 2 rings (SSSR count). The number of nitrogens with one attached hydrogen (secondary N) is 2. The highest BCUT2D eigenvalue weighted by atomic mass is 32.2. The van der Waals surface area contributed by atoms with Crippen LogP contribution in [-0.2, 0) is 10.0 Å². The SMILES string of the molecule is Cc1nnc(NS(=O)(=O)c2ccnc(NN)c2)nc1C. The summed E-state index contributed by atoms with van der Waals surface area (Å²) in [6.07, 6.45) is 1.32. The summed E-state index contributed by atoms with van der Waals surface area (Å²) in [7, 11) is -3.83. The number of hydrogen-bond donors (Lipinski definition) is 3. The number of nitrogens with two attached hydrogens (primary N) is 1. The van der Waals surface area contributed by atoms with Crippen molar-refractivity contribution in [2.45, 2.75) is 18.7 Å². The summed E-state index contributed by atoms with van der Waals surface area (Å²) in [6.45, 7) is 3.44. The lowest BCUT2D eigenvalue weighted by atomic mass is 10.4. The van der Waals surface area contributed by atoms with Crippen LogP contribution in [0.4, 0.5) is 11.8 Å². The molecule has 0 radical (unpaired) electrons. The smallest absolute Gasteiger partial charge is 0.264 e. The molecule has 0 saturated carbocycles. The molecule has 4 N–H and O–H groups in total. The van der Waals surface area contributed by atoms with E-state index in [1.807, 2.05) is 0 Å². The van der Waals surface area contributed by atoms with Gasteiger partial charge in [0.25, 0.3) is 16.0 Å². The van der Waals surface area contributed by atoms with Crippen LogP contribution in [0.25, 0.3) is 0 Å². The zero-order chi connectivity index (χ0) is 14.8. The Morgan fingerprint density at radius 1 is 1.20 bits per heavy atom. The Kier molecular flexibility index (Phi) is 3.77. The van der Waals surface area contributed by atoms with E-state index in [1.165, 1.54) is 18.3 Å². The van der Waals surface area contributed by atoms with E-state index in [-0.39, 0.29) is 16.7 Å². The third-order valence-corrected chi connectivity index (χ3v) is 3.83. The van der Waals surface area contributed by atoms with Gasteiger partial charge in [-0.2, -0.15) is 5.10 Å². The first-order chi connectivity index (χ1) is 9.42. The quantitative estimate of drug-likeness (QED) is 0.528. The van der Waals surface area contributed by atoms with Crippen molar-refractivity contribution in [1.82, 2.24) is 20.2 Å². The maximum Gasteiger partial charge on any atom is 0.264 e. The van der Waals surface area contributed by atoms with E-state index in [0.29, 0.717) is 11.4 Å². The van der Waals surface area contributed by atoms with Crippen molar-refractivity contribution in [3.8, 4) is 0 Å². The monoisotopic (exact) mass is 295 g/mol. The van der Waals surface area contributed by atoms with Crippen molar-refractivity contribution >= 4 is 21.8 Å². The molecular formula is C10H13N7O2S. The van der Waals surface area contributed by atoms with Gasteiger partial charge >= 0.3 is 0 Å². The van der Waals surface area contributed by atoms with Gasteiger partial charge in [-0.25, -0.2) is 29.0 Å². The van der Waals surface area contributed by atoms with Crippen molar-refractivity contribution < 1.29 is 8.42 Å². The second-order valence-electron chi connectivity index (χ2n) is 3.93. The van der Waals surface area contributed by atoms with Crippen molar-refractivity contribution in [2.24, 2.45) is 5.84 Å². The maximum atomic E-state index is 12.2. The van der Waals surface area contributed by atoms with Gasteiger partial charge in [0.05, 0.1) is 16.3 Å². The van der Waals surface area contributed by atoms with Crippen LogP contribution in [0, 0.1) is 13.8 Å². The van der Waals surface area contributed by atoms with Crippen molar-refractivity contribution in [2.75, 3.05) is 10.1 Å². The number of hydrazine groups is 1. The molecule has 0 saturated heterocycles. The molecule has 9 nitrogen and oxygen atoms in total. The Balaban J connectivity index is 2.32. The first-order valence-corrected chi connectivity index (χ1v) is 7.04. The van der Waals surface area contributed by atoms with E-state index in [1.54, 1.807) is 13.8 Å². The Labute approximate surface area is 115 Å². The predicted octanol–water partition coefficient (Wildman–Crippen LogP) is -0.0302. The number of sulfonamides is 1. The third kappa shape index (κ3) is 2.97. The highest BCUT2D eigenvalue weighted by molar-refractivity contribution is 7.92. The minimum Gasteiger partial charge on any atom is -0.308 e. The molecule has 0 unspecified atom stereocenters. The molecule has 20 heavy (non-hydrogen) atoms. The Morgan fingerprint density at radius 2 is 1.95 bits per heavy atom. The average Bonchev–Trinajstić information content (AvgIpc) is 2.43. The van der Waals surface area contributed by atoms with Crippen molar-refractivity contribution in [3.05, 3.63) is 29.7 Å². The number of pyridine rings is 1. The summed E-state index contributed by atoms with van der Waals surface area (Å²) in [4.78, 5) is 7.83. The van der Waals surface area contributed by atoms with Gasteiger partial charge in [0, 0.05) is 12.3 Å². The molecule has 2 aromatic heterocycles. The molecule has 0 fully saturated rings. The summed E-state index contributed by atoms with van der Waals surface area (Å²) in [6, 6.07) is 2.62. The van der Waals surface area contributed by atoms with Crippen LogP contribution in [0.5, 0.6) is 0 Å². The number of aryl methyl sites for hydroxylation is 2. The largest absolute Gasteiger partial charge is 0.308 e. The number of rotatable bonds is 4. The summed E-state index contributed by atoms with van der Waals surface area (Å²) >= 11 is 0. The second kappa shape index (κ2) is 5.35. The molecule has 2 aromatic rings. The first kappa shape index (κ1) is 14.1. The lowest BCUT2D eigenvalue weighted by Crippen LogP contribution is -2.17. The standard InChI is InChI=1S/C10H13N7O2S/c1-6-7(2)15-16-10(13-6)17-20(18,19)8-3-4-12-9(5-8)14-11/h3-5H,11H2,1-2H3,(H,12,14)(H,13,16,17). The molecule has 0 atom stereocenters. The molecular weight excluding hydrogens is 282 g/mol. The third-order valence-electron chi connectivity index (χ3n) is 2.51. The van der Waals surface area contributed by atoms with Crippen LogP contribution in [-0.4, -0.2) is 28.6 Å². The van der Waals surface area contributed by atoms with E-state index in [0.717, 1.165) is 0 Å². The number of nitrogens with zero attached hydrogens (tertiary/aromatic N) is 4. The first-order valence-electron chi connectivity index (χ1n) is 5.56. The number of nitrogen functional groups attached to an aromatic ring is 1. The van der Waals surface area contributed by atoms with Crippen molar-refractivity contribution in [1.29, 1.82) is 0 Å². The molecule has 0 bridgehead atoms. The van der Waals surface area contributed by atoms with Gasteiger partial charge in [0.15, 0.2) is 0 Å². The molecule has 0 aliphatic carbocycles.